The van der Waals surface area contributed by atoms with Crippen molar-refractivity contribution in [1.82, 2.24) is 0 Å². The summed E-state index contributed by atoms with van der Waals surface area (Å²) in [4.78, 5) is 0. The first-order valence-electron chi connectivity index (χ1n) is 5.85. The normalized spacial score (nSPS) is 12.4. The van der Waals surface area contributed by atoms with Gasteiger partial charge in [-0.25, -0.2) is 4.39 Å². The van der Waals surface area contributed by atoms with Crippen molar-refractivity contribution in [3.05, 3.63) is 65.0 Å². The molecule has 2 nitrogen and oxygen atoms in total. The van der Waals surface area contributed by atoms with E-state index in [2.05, 4.69) is 0 Å². The highest BCUT2D eigenvalue weighted by molar-refractivity contribution is 5.31. The van der Waals surface area contributed by atoms with Gasteiger partial charge in [-0.2, -0.15) is 0 Å². The molecule has 0 fully saturated rings. The van der Waals surface area contributed by atoms with E-state index in [1.54, 1.807) is 18.2 Å². The second-order valence-corrected chi connectivity index (χ2v) is 4.54. The summed E-state index contributed by atoms with van der Waals surface area (Å²) in [7, 11) is 0. The minimum Gasteiger partial charge on any atom is -0.508 e. The summed E-state index contributed by atoms with van der Waals surface area (Å²) in [5.74, 6) is -0.0496. The van der Waals surface area contributed by atoms with Crippen LogP contribution in [0.3, 0.4) is 0 Å². The summed E-state index contributed by atoms with van der Waals surface area (Å²) in [6.07, 6.45) is 0.567. The number of hydrogen-bond acceptors (Lipinski definition) is 2. The van der Waals surface area contributed by atoms with E-state index < -0.39 is 0 Å². The fourth-order valence-electron chi connectivity index (χ4n) is 2.03. The zero-order valence-electron chi connectivity index (χ0n) is 10.2. The Kier molecular flexibility index (Phi) is 3.63. The van der Waals surface area contributed by atoms with Crippen molar-refractivity contribution in [2.75, 3.05) is 0 Å². The molecule has 0 saturated carbocycles. The van der Waals surface area contributed by atoms with Gasteiger partial charge in [-0.15, -0.1) is 0 Å². The van der Waals surface area contributed by atoms with Crippen molar-refractivity contribution in [2.24, 2.45) is 5.73 Å². The van der Waals surface area contributed by atoms with Gasteiger partial charge in [0, 0.05) is 6.04 Å². The standard InChI is InChI=1S/C15H16FNO/c1-10-5-12(9-13(16)6-10)15(17)8-11-3-2-4-14(18)7-11/h2-7,9,15,18H,8,17H2,1H3. The van der Waals surface area contributed by atoms with Gasteiger partial charge in [0.1, 0.15) is 11.6 Å². The quantitative estimate of drug-likeness (QED) is 0.872. The Labute approximate surface area is 106 Å². The van der Waals surface area contributed by atoms with Crippen LogP contribution in [0.1, 0.15) is 22.7 Å². The van der Waals surface area contributed by atoms with Crippen LogP contribution in [0.15, 0.2) is 42.5 Å². The Morgan fingerprint density at radius 3 is 2.67 bits per heavy atom. The van der Waals surface area contributed by atoms with E-state index in [4.69, 9.17) is 5.73 Å². The molecule has 0 spiro atoms. The number of aromatic hydroxyl groups is 1. The molecule has 2 rings (SSSR count). The monoisotopic (exact) mass is 245 g/mol. The van der Waals surface area contributed by atoms with E-state index in [0.717, 1.165) is 16.7 Å². The Hall–Kier alpha value is -1.87. The predicted molar refractivity (Wildman–Crippen MR) is 69.9 cm³/mol. The third-order valence-electron chi connectivity index (χ3n) is 2.86. The topological polar surface area (TPSA) is 46.2 Å². The second-order valence-electron chi connectivity index (χ2n) is 4.54. The number of phenols is 1. The Morgan fingerprint density at radius 1 is 1.22 bits per heavy atom. The minimum absolute atomic E-state index is 0.218. The van der Waals surface area contributed by atoms with Gasteiger partial charge in [0.2, 0.25) is 0 Å². The van der Waals surface area contributed by atoms with Crippen LogP contribution >= 0.6 is 0 Å². The molecule has 0 aliphatic carbocycles. The highest BCUT2D eigenvalue weighted by atomic mass is 19.1. The maximum absolute atomic E-state index is 13.3. The number of nitrogens with two attached hydrogens (primary N) is 1. The largest absolute Gasteiger partial charge is 0.508 e. The van der Waals surface area contributed by atoms with E-state index in [0.29, 0.717) is 6.42 Å². The first-order chi connectivity index (χ1) is 8.54. The molecule has 18 heavy (non-hydrogen) atoms. The van der Waals surface area contributed by atoms with Crippen LogP contribution < -0.4 is 5.73 Å². The SMILES string of the molecule is Cc1cc(F)cc(C(N)Cc2cccc(O)c2)c1. The van der Waals surface area contributed by atoms with Crippen molar-refractivity contribution in [1.29, 1.82) is 0 Å². The van der Waals surface area contributed by atoms with E-state index in [9.17, 15) is 9.50 Å². The number of phenolic OH excluding ortho intramolecular Hbond substituents is 1. The highest BCUT2D eigenvalue weighted by Gasteiger charge is 2.09. The second kappa shape index (κ2) is 5.19. The van der Waals surface area contributed by atoms with Crippen LogP contribution in [0.5, 0.6) is 5.75 Å². The zero-order chi connectivity index (χ0) is 13.1. The summed E-state index contributed by atoms with van der Waals surface area (Å²) in [5, 5.41) is 9.38. The molecule has 1 atom stereocenters. The average Bonchev–Trinajstić information content (AvgIpc) is 2.27. The van der Waals surface area contributed by atoms with Crippen LogP contribution in [0, 0.1) is 12.7 Å². The van der Waals surface area contributed by atoms with Gasteiger partial charge in [0.15, 0.2) is 0 Å². The maximum Gasteiger partial charge on any atom is 0.123 e. The van der Waals surface area contributed by atoms with Crippen molar-refractivity contribution >= 4 is 0 Å². The summed E-state index contributed by atoms with van der Waals surface area (Å²) >= 11 is 0. The van der Waals surface area contributed by atoms with Gasteiger partial charge in [-0.05, 0) is 54.3 Å². The Morgan fingerprint density at radius 2 is 2.00 bits per heavy atom. The van der Waals surface area contributed by atoms with Crippen LogP contribution in [0.25, 0.3) is 0 Å². The summed E-state index contributed by atoms with van der Waals surface area (Å²) in [5.41, 5.74) is 8.63. The predicted octanol–water partition coefficient (Wildman–Crippen LogP) is 3.08. The molecular formula is C15H16FNO. The molecule has 94 valence electrons. The van der Waals surface area contributed by atoms with Crippen molar-refractivity contribution in [3.8, 4) is 5.75 Å². The summed E-state index contributed by atoms with van der Waals surface area (Å²) in [6, 6.07) is 11.5. The molecule has 3 heteroatoms. The van der Waals surface area contributed by atoms with Gasteiger partial charge in [-0.3, -0.25) is 0 Å². The zero-order valence-corrected chi connectivity index (χ0v) is 10.2. The van der Waals surface area contributed by atoms with Gasteiger partial charge < -0.3 is 10.8 Å². The summed E-state index contributed by atoms with van der Waals surface area (Å²) < 4.78 is 13.3. The molecule has 2 aromatic carbocycles. The molecule has 0 aromatic heterocycles. The lowest BCUT2D eigenvalue weighted by Gasteiger charge is -2.13. The lowest BCUT2D eigenvalue weighted by Crippen LogP contribution is -2.13. The Bertz CT molecular complexity index is 534. The van der Waals surface area contributed by atoms with Gasteiger partial charge in [-0.1, -0.05) is 18.2 Å². The van der Waals surface area contributed by atoms with E-state index in [-0.39, 0.29) is 17.6 Å². The van der Waals surface area contributed by atoms with E-state index >= 15 is 0 Å². The van der Waals surface area contributed by atoms with E-state index in [1.807, 2.05) is 19.1 Å². The fourth-order valence-corrected chi connectivity index (χ4v) is 2.03. The van der Waals surface area contributed by atoms with Gasteiger partial charge in [0.05, 0.1) is 0 Å². The van der Waals surface area contributed by atoms with Crippen molar-refractivity contribution < 1.29 is 9.50 Å². The van der Waals surface area contributed by atoms with Crippen LogP contribution in [0.2, 0.25) is 0 Å². The minimum atomic E-state index is -0.277. The molecule has 0 amide bonds. The van der Waals surface area contributed by atoms with Gasteiger partial charge >= 0.3 is 0 Å². The maximum atomic E-state index is 13.3. The number of hydrogen-bond donors (Lipinski definition) is 2. The lowest BCUT2D eigenvalue weighted by atomic mass is 9.98. The number of benzene rings is 2. The molecule has 3 N–H and O–H groups in total. The first kappa shape index (κ1) is 12.6. The molecule has 1 unspecified atom stereocenters. The molecule has 0 radical (unpaired) electrons. The van der Waals surface area contributed by atoms with Crippen molar-refractivity contribution in [2.45, 2.75) is 19.4 Å². The van der Waals surface area contributed by atoms with Crippen LogP contribution in [-0.2, 0) is 6.42 Å². The molecule has 0 heterocycles. The summed E-state index contributed by atoms with van der Waals surface area (Å²) in [6.45, 7) is 1.84. The molecule has 0 aliphatic heterocycles. The highest BCUT2D eigenvalue weighted by Crippen LogP contribution is 2.20. The van der Waals surface area contributed by atoms with Crippen LogP contribution in [0.4, 0.5) is 4.39 Å². The third kappa shape index (κ3) is 3.08. The van der Waals surface area contributed by atoms with Crippen LogP contribution in [-0.4, -0.2) is 5.11 Å². The molecular weight excluding hydrogens is 229 g/mol. The first-order valence-corrected chi connectivity index (χ1v) is 5.85. The molecule has 0 aliphatic rings. The molecule has 2 aromatic rings. The van der Waals surface area contributed by atoms with Gasteiger partial charge in [0.25, 0.3) is 0 Å². The smallest absolute Gasteiger partial charge is 0.123 e. The number of halogens is 1. The van der Waals surface area contributed by atoms with Crippen molar-refractivity contribution in [3.63, 3.8) is 0 Å². The Balaban J connectivity index is 2.19. The molecule has 0 bridgehead atoms. The molecule has 0 saturated heterocycles. The number of rotatable bonds is 3. The average molecular weight is 245 g/mol. The third-order valence-corrected chi connectivity index (χ3v) is 2.86. The van der Waals surface area contributed by atoms with E-state index in [1.165, 1.54) is 12.1 Å². The lowest BCUT2D eigenvalue weighted by molar-refractivity contribution is 0.474. The number of aryl methyl sites for hydroxylation is 1. The fraction of sp³-hybridized carbons (Fsp3) is 0.200.